The van der Waals surface area contributed by atoms with Gasteiger partial charge in [-0.05, 0) is 37.1 Å². The number of rotatable bonds is 4. The van der Waals surface area contributed by atoms with Crippen molar-refractivity contribution in [1.29, 1.82) is 0 Å². The predicted molar refractivity (Wildman–Crippen MR) is 78.7 cm³/mol. The molecule has 1 heterocycles. The van der Waals surface area contributed by atoms with Crippen LogP contribution in [0.25, 0.3) is 0 Å². The maximum absolute atomic E-state index is 11.1. The molecule has 1 aromatic carbocycles. The molecule has 0 radical (unpaired) electrons. The molecule has 0 spiro atoms. The second kappa shape index (κ2) is 5.89. The van der Waals surface area contributed by atoms with Gasteiger partial charge in [0.2, 0.25) is 0 Å². The van der Waals surface area contributed by atoms with Crippen molar-refractivity contribution in [3.05, 3.63) is 51.6 Å². The minimum atomic E-state index is -0.444. The van der Waals surface area contributed by atoms with Crippen LogP contribution in [0, 0.1) is 24.0 Å². The van der Waals surface area contributed by atoms with Crippen LogP contribution >= 0.6 is 11.8 Å². The lowest BCUT2D eigenvalue weighted by molar-refractivity contribution is -0.388. The molecular formula is C13H14N4O2S. The number of hydrogen-bond donors (Lipinski definition) is 2. The Kier molecular flexibility index (Phi) is 4.21. The third-order valence-corrected chi connectivity index (χ3v) is 3.89. The molecule has 0 aliphatic rings. The molecule has 0 amide bonds. The van der Waals surface area contributed by atoms with Gasteiger partial charge in [0, 0.05) is 11.0 Å². The second-order valence-corrected chi connectivity index (χ2v) is 5.32. The first-order chi connectivity index (χ1) is 9.51. The number of hydrogen-bond acceptors (Lipinski definition) is 6. The summed E-state index contributed by atoms with van der Waals surface area (Å²) in [6.45, 7) is 3.93. The van der Waals surface area contributed by atoms with Gasteiger partial charge in [-0.15, -0.1) is 0 Å². The SMILES string of the molecule is Cc1ccc(C)c(Sc2nc(NN)ccc2[N+](=O)[O-])c1. The summed E-state index contributed by atoms with van der Waals surface area (Å²) in [6.07, 6.45) is 0. The van der Waals surface area contributed by atoms with Crippen LogP contribution in [0.5, 0.6) is 0 Å². The molecule has 0 aliphatic carbocycles. The second-order valence-electron chi connectivity index (χ2n) is 4.29. The molecular weight excluding hydrogens is 276 g/mol. The van der Waals surface area contributed by atoms with Gasteiger partial charge in [-0.2, -0.15) is 0 Å². The lowest BCUT2D eigenvalue weighted by Crippen LogP contribution is -2.09. The molecule has 6 nitrogen and oxygen atoms in total. The minimum absolute atomic E-state index is 0.0325. The van der Waals surface area contributed by atoms with Gasteiger partial charge in [-0.25, -0.2) is 10.8 Å². The van der Waals surface area contributed by atoms with E-state index in [9.17, 15) is 10.1 Å². The Bertz CT molecular complexity index is 661. The Morgan fingerprint density at radius 3 is 2.70 bits per heavy atom. The van der Waals surface area contributed by atoms with Gasteiger partial charge < -0.3 is 5.43 Å². The first kappa shape index (κ1) is 14.3. The van der Waals surface area contributed by atoms with E-state index in [-0.39, 0.29) is 5.69 Å². The number of nitro groups is 1. The van der Waals surface area contributed by atoms with Crippen molar-refractivity contribution in [2.24, 2.45) is 5.84 Å². The van der Waals surface area contributed by atoms with Gasteiger partial charge in [0.1, 0.15) is 5.82 Å². The van der Waals surface area contributed by atoms with Gasteiger partial charge in [-0.1, -0.05) is 23.9 Å². The van der Waals surface area contributed by atoms with E-state index < -0.39 is 4.92 Å². The number of nitrogen functional groups attached to an aromatic ring is 1. The highest BCUT2D eigenvalue weighted by Crippen LogP contribution is 2.35. The molecule has 0 saturated heterocycles. The number of nitrogens with one attached hydrogen (secondary N) is 1. The smallest absolute Gasteiger partial charge is 0.301 e. The lowest BCUT2D eigenvalue weighted by Gasteiger charge is -2.08. The number of anilines is 1. The van der Waals surface area contributed by atoms with Gasteiger partial charge in [0.05, 0.1) is 4.92 Å². The molecule has 0 aliphatic heterocycles. The molecule has 20 heavy (non-hydrogen) atoms. The van der Waals surface area contributed by atoms with E-state index in [1.807, 2.05) is 32.0 Å². The Balaban J connectivity index is 2.45. The van der Waals surface area contributed by atoms with Gasteiger partial charge in [-0.3, -0.25) is 10.1 Å². The van der Waals surface area contributed by atoms with Crippen molar-refractivity contribution < 1.29 is 4.92 Å². The predicted octanol–water partition coefficient (Wildman–Crippen LogP) is 3.04. The van der Waals surface area contributed by atoms with Gasteiger partial charge >= 0.3 is 5.69 Å². The van der Waals surface area contributed by atoms with Crippen molar-refractivity contribution in [3.8, 4) is 0 Å². The zero-order chi connectivity index (χ0) is 14.7. The topological polar surface area (TPSA) is 94.1 Å². The molecule has 2 aromatic rings. The first-order valence-corrected chi connectivity index (χ1v) is 6.70. The fourth-order valence-corrected chi connectivity index (χ4v) is 2.72. The van der Waals surface area contributed by atoms with Crippen molar-refractivity contribution >= 4 is 23.3 Å². The van der Waals surface area contributed by atoms with Crippen molar-refractivity contribution in [2.45, 2.75) is 23.8 Å². The summed E-state index contributed by atoms with van der Waals surface area (Å²) < 4.78 is 0. The zero-order valence-corrected chi connectivity index (χ0v) is 11.9. The van der Waals surface area contributed by atoms with Crippen molar-refractivity contribution in [3.63, 3.8) is 0 Å². The third-order valence-electron chi connectivity index (χ3n) is 2.74. The monoisotopic (exact) mass is 290 g/mol. The van der Waals surface area contributed by atoms with Crippen molar-refractivity contribution in [1.82, 2.24) is 4.98 Å². The summed E-state index contributed by atoms with van der Waals surface area (Å²) in [4.78, 5) is 15.7. The average molecular weight is 290 g/mol. The lowest BCUT2D eigenvalue weighted by atomic mass is 10.2. The van der Waals surface area contributed by atoms with E-state index in [4.69, 9.17) is 5.84 Å². The maximum Gasteiger partial charge on any atom is 0.301 e. The number of pyridine rings is 1. The standard InChI is InChI=1S/C13H14N4O2S/c1-8-3-4-9(2)11(7-8)20-13-10(17(18)19)5-6-12(15-13)16-14/h3-7H,14H2,1-2H3,(H,15,16). The molecule has 2 rings (SSSR count). The zero-order valence-electron chi connectivity index (χ0n) is 11.1. The molecule has 0 atom stereocenters. The van der Waals surface area contributed by atoms with E-state index in [1.54, 1.807) is 0 Å². The largest absolute Gasteiger partial charge is 0.308 e. The van der Waals surface area contributed by atoms with Gasteiger partial charge in [0.25, 0.3) is 0 Å². The van der Waals surface area contributed by atoms with Crippen LogP contribution in [0.1, 0.15) is 11.1 Å². The highest BCUT2D eigenvalue weighted by Gasteiger charge is 2.18. The van der Waals surface area contributed by atoms with Crippen LogP contribution in [0.3, 0.4) is 0 Å². The van der Waals surface area contributed by atoms with Crippen LogP contribution in [0.15, 0.2) is 40.3 Å². The minimum Gasteiger partial charge on any atom is -0.308 e. The fourth-order valence-electron chi connectivity index (χ4n) is 1.65. The summed E-state index contributed by atoms with van der Waals surface area (Å²) in [7, 11) is 0. The number of benzene rings is 1. The van der Waals surface area contributed by atoms with Crippen molar-refractivity contribution in [2.75, 3.05) is 5.43 Å². The van der Waals surface area contributed by atoms with E-state index in [1.165, 1.54) is 23.9 Å². The average Bonchev–Trinajstić information content (AvgIpc) is 2.42. The quantitative estimate of drug-likeness (QED) is 0.510. The van der Waals surface area contributed by atoms with E-state index in [0.717, 1.165) is 16.0 Å². The van der Waals surface area contributed by atoms with Crippen LogP contribution < -0.4 is 11.3 Å². The number of nitrogens with zero attached hydrogens (tertiary/aromatic N) is 2. The summed E-state index contributed by atoms with van der Waals surface area (Å²) in [5.41, 5.74) is 4.50. The summed E-state index contributed by atoms with van der Waals surface area (Å²) >= 11 is 1.26. The molecule has 0 unspecified atom stereocenters. The maximum atomic E-state index is 11.1. The first-order valence-electron chi connectivity index (χ1n) is 5.88. The third kappa shape index (κ3) is 3.06. The molecule has 3 N–H and O–H groups in total. The molecule has 0 bridgehead atoms. The number of aromatic nitrogens is 1. The van der Waals surface area contributed by atoms with Gasteiger partial charge in [0.15, 0.2) is 5.03 Å². The summed E-state index contributed by atoms with van der Waals surface area (Å²) in [5.74, 6) is 5.69. The summed E-state index contributed by atoms with van der Waals surface area (Å²) in [6, 6.07) is 8.84. The number of aryl methyl sites for hydroxylation is 2. The van der Waals surface area contributed by atoms with Crippen LogP contribution in [-0.4, -0.2) is 9.91 Å². The van der Waals surface area contributed by atoms with E-state index in [2.05, 4.69) is 10.4 Å². The summed E-state index contributed by atoms with van der Waals surface area (Å²) in [5, 5.41) is 11.4. The number of hydrazine groups is 1. The van der Waals surface area contributed by atoms with E-state index in [0.29, 0.717) is 10.8 Å². The normalized spacial score (nSPS) is 10.3. The van der Waals surface area contributed by atoms with Crippen LogP contribution in [0.2, 0.25) is 0 Å². The van der Waals surface area contributed by atoms with Crippen LogP contribution in [-0.2, 0) is 0 Å². The molecule has 104 valence electrons. The van der Waals surface area contributed by atoms with E-state index >= 15 is 0 Å². The Morgan fingerprint density at radius 1 is 1.30 bits per heavy atom. The highest BCUT2D eigenvalue weighted by molar-refractivity contribution is 7.99. The molecule has 1 aromatic heterocycles. The molecule has 0 saturated carbocycles. The molecule has 7 heteroatoms. The highest BCUT2D eigenvalue weighted by atomic mass is 32.2. The Labute approximate surface area is 120 Å². The fraction of sp³-hybridized carbons (Fsp3) is 0.154. The Hall–Kier alpha value is -2.12. The Morgan fingerprint density at radius 2 is 2.05 bits per heavy atom. The molecule has 0 fully saturated rings. The number of nitrogens with two attached hydrogens (primary N) is 1. The van der Waals surface area contributed by atoms with Crippen LogP contribution in [0.4, 0.5) is 11.5 Å².